The van der Waals surface area contributed by atoms with Gasteiger partial charge in [-0.15, -0.1) is 22.9 Å². The van der Waals surface area contributed by atoms with Crippen LogP contribution in [-0.2, 0) is 0 Å². The molecule has 1 unspecified atom stereocenters. The van der Waals surface area contributed by atoms with Crippen molar-refractivity contribution in [2.24, 2.45) is 0 Å². The summed E-state index contributed by atoms with van der Waals surface area (Å²) in [5.74, 6) is 1.39. The standard InChI is InChI=1S/C13H9Cl2IO2S/c14-9-5-11-10(17-1-2-18-11)4-8(9)13(15)7-3-12(16)19-6-7/h3-6,13H,1-2H2. The second-order valence-electron chi connectivity index (χ2n) is 4.06. The molecule has 1 atom stereocenters. The Morgan fingerprint density at radius 3 is 2.47 bits per heavy atom. The van der Waals surface area contributed by atoms with Gasteiger partial charge in [0.1, 0.15) is 13.2 Å². The Kier molecular flexibility index (Phi) is 4.12. The third-order valence-electron chi connectivity index (χ3n) is 2.81. The molecule has 2 nitrogen and oxygen atoms in total. The zero-order valence-corrected chi connectivity index (χ0v) is 14.1. The summed E-state index contributed by atoms with van der Waals surface area (Å²) in [7, 11) is 0. The summed E-state index contributed by atoms with van der Waals surface area (Å²) < 4.78 is 12.3. The molecule has 2 heterocycles. The molecule has 0 spiro atoms. The molecular formula is C13H9Cl2IO2S. The number of ether oxygens (including phenoxy) is 2. The van der Waals surface area contributed by atoms with Gasteiger partial charge in [0.15, 0.2) is 11.5 Å². The number of hydrogen-bond donors (Lipinski definition) is 0. The van der Waals surface area contributed by atoms with Gasteiger partial charge in [0.2, 0.25) is 0 Å². The highest BCUT2D eigenvalue weighted by Crippen LogP contribution is 2.42. The van der Waals surface area contributed by atoms with Crippen molar-refractivity contribution in [2.75, 3.05) is 13.2 Å². The van der Waals surface area contributed by atoms with E-state index in [1.807, 2.05) is 11.4 Å². The normalized spacial score (nSPS) is 15.3. The zero-order valence-electron chi connectivity index (χ0n) is 9.66. The molecule has 3 rings (SSSR count). The maximum absolute atomic E-state index is 6.52. The molecule has 6 heteroatoms. The lowest BCUT2D eigenvalue weighted by Gasteiger charge is -2.21. The van der Waals surface area contributed by atoms with E-state index >= 15 is 0 Å². The van der Waals surface area contributed by atoms with Gasteiger partial charge in [-0.05, 0) is 51.2 Å². The molecular weight excluding hydrogens is 418 g/mol. The van der Waals surface area contributed by atoms with Crippen LogP contribution in [0.1, 0.15) is 16.5 Å². The number of fused-ring (bicyclic) bond motifs is 1. The van der Waals surface area contributed by atoms with Crippen molar-refractivity contribution in [1.29, 1.82) is 0 Å². The minimum absolute atomic E-state index is 0.275. The van der Waals surface area contributed by atoms with E-state index in [1.54, 1.807) is 17.4 Å². The van der Waals surface area contributed by atoms with E-state index in [9.17, 15) is 0 Å². The summed E-state index contributed by atoms with van der Waals surface area (Å²) in [6, 6.07) is 5.72. The third kappa shape index (κ3) is 2.82. The molecule has 0 fully saturated rings. The topological polar surface area (TPSA) is 18.5 Å². The van der Waals surface area contributed by atoms with E-state index in [-0.39, 0.29) is 5.38 Å². The fourth-order valence-electron chi connectivity index (χ4n) is 1.91. The van der Waals surface area contributed by atoms with E-state index < -0.39 is 0 Å². The van der Waals surface area contributed by atoms with Gasteiger partial charge in [-0.2, -0.15) is 0 Å². The highest BCUT2D eigenvalue weighted by atomic mass is 127. The molecule has 2 aromatic rings. The van der Waals surface area contributed by atoms with Crippen molar-refractivity contribution < 1.29 is 9.47 Å². The predicted octanol–water partition coefficient (Wildman–Crippen LogP) is 5.11. The second kappa shape index (κ2) is 5.68. The lowest BCUT2D eigenvalue weighted by atomic mass is 10.1. The van der Waals surface area contributed by atoms with E-state index in [0.717, 1.165) is 11.1 Å². The van der Waals surface area contributed by atoms with Crippen LogP contribution in [0.3, 0.4) is 0 Å². The Morgan fingerprint density at radius 1 is 1.16 bits per heavy atom. The maximum atomic E-state index is 6.52. The van der Waals surface area contributed by atoms with Crippen LogP contribution >= 0.6 is 57.1 Å². The lowest BCUT2D eigenvalue weighted by molar-refractivity contribution is 0.171. The first-order valence-corrected chi connectivity index (χ1v) is 8.39. The van der Waals surface area contributed by atoms with Crippen LogP contribution in [-0.4, -0.2) is 13.2 Å². The van der Waals surface area contributed by atoms with E-state index in [2.05, 4.69) is 28.7 Å². The van der Waals surface area contributed by atoms with Gasteiger partial charge in [0, 0.05) is 11.1 Å². The molecule has 1 aromatic carbocycles. The maximum Gasteiger partial charge on any atom is 0.162 e. The van der Waals surface area contributed by atoms with Crippen LogP contribution in [0.5, 0.6) is 11.5 Å². The van der Waals surface area contributed by atoms with E-state index in [1.165, 1.54) is 2.88 Å². The minimum atomic E-state index is -0.275. The van der Waals surface area contributed by atoms with Gasteiger partial charge in [0.05, 0.1) is 8.26 Å². The first kappa shape index (κ1) is 13.8. The van der Waals surface area contributed by atoms with Crippen molar-refractivity contribution in [3.63, 3.8) is 0 Å². The molecule has 0 bridgehead atoms. The Bertz CT molecular complexity index is 615. The Morgan fingerprint density at radius 2 is 1.84 bits per heavy atom. The first-order valence-electron chi connectivity index (χ1n) is 5.62. The summed E-state index contributed by atoms with van der Waals surface area (Å²) in [6.07, 6.45) is 0. The molecule has 0 N–H and O–H groups in total. The number of thiophene rings is 1. The van der Waals surface area contributed by atoms with Crippen molar-refractivity contribution in [3.8, 4) is 11.5 Å². The molecule has 0 saturated heterocycles. The molecule has 100 valence electrons. The largest absolute Gasteiger partial charge is 0.486 e. The summed E-state index contributed by atoms with van der Waals surface area (Å²) in [5, 5.41) is 2.38. The highest BCUT2D eigenvalue weighted by molar-refractivity contribution is 14.1. The number of rotatable bonds is 2. The highest BCUT2D eigenvalue weighted by Gasteiger charge is 2.21. The number of alkyl halides is 1. The third-order valence-corrected chi connectivity index (χ3v) is 5.44. The SMILES string of the molecule is Clc1cc2c(cc1C(Cl)c1csc(I)c1)OCCO2. The smallest absolute Gasteiger partial charge is 0.162 e. The van der Waals surface area contributed by atoms with Crippen molar-refractivity contribution in [2.45, 2.75) is 5.38 Å². The van der Waals surface area contributed by atoms with E-state index in [4.69, 9.17) is 32.7 Å². The van der Waals surface area contributed by atoms with Crippen LogP contribution < -0.4 is 9.47 Å². The fourth-order valence-corrected chi connectivity index (χ4v) is 4.01. The minimum Gasteiger partial charge on any atom is -0.486 e. The molecule has 0 amide bonds. The number of halogens is 3. The lowest BCUT2D eigenvalue weighted by Crippen LogP contribution is -2.15. The molecule has 19 heavy (non-hydrogen) atoms. The Labute approximate surface area is 138 Å². The van der Waals surface area contributed by atoms with Gasteiger partial charge in [-0.25, -0.2) is 0 Å². The van der Waals surface area contributed by atoms with Gasteiger partial charge in [-0.3, -0.25) is 0 Å². The average molecular weight is 427 g/mol. The predicted molar refractivity (Wildman–Crippen MR) is 87.2 cm³/mol. The Hall–Kier alpha value is -0.170. The Balaban J connectivity index is 2.00. The molecule has 1 aromatic heterocycles. The first-order chi connectivity index (χ1) is 9.15. The van der Waals surface area contributed by atoms with Crippen LogP contribution in [0, 0.1) is 2.88 Å². The molecule has 0 saturated carbocycles. The van der Waals surface area contributed by atoms with Crippen LogP contribution in [0.4, 0.5) is 0 Å². The second-order valence-corrected chi connectivity index (χ2v) is 7.71. The van der Waals surface area contributed by atoms with Gasteiger partial charge < -0.3 is 9.47 Å². The van der Waals surface area contributed by atoms with Crippen LogP contribution in [0.15, 0.2) is 23.6 Å². The number of hydrogen-bond acceptors (Lipinski definition) is 3. The van der Waals surface area contributed by atoms with Crippen molar-refractivity contribution in [3.05, 3.63) is 42.6 Å². The quantitative estimate of drug-likeness (QED) is 0.491. The van der Waals surface area contributed by atoms with Crippen LogP contribution in [0.2, 0.25) is 5.02 Å². The van der Waals surface area contributed by atoms with Crippen LogP contribution in [0.25, 0.3) is 0 Å². The summed E-state index contributed by atoms with van der Waals surface area (Å²) >= 11 is 16.8. The summed E-state index contributed by atoms with van der Waals surface area (Å²) in [4.78, 5) is 0. The van der Waals surface area contributed by atoms with Gasteiger partial charge in [0.25, 0.3) is 0 Å². The van der Waals surface area contributed by atoms with E-state index in [0.29, 0.717) is 29.7 Å². The van der Waals surface area contributed by atoms with Crippen molar-refractivity contribution in [1.82, 2.24) is 0 Å². The van der Waals surface area contributed by atoms with Gasteiger partial charge in [-0.1, -0.05) is 11.6 Å². The summed E-state index contributed by atoms with van der Waals surface area (Å²) in [6.45, 7) is 1.10. The molecule has 0 aliphatic carbocycles. The van der Waals surface area contributed by atoms with Crippen molar-refractivity contribution >= 4 is 57.1 Å². The zero-order chi connectivity index (χ0) is 13.4. The number of benzene rings is 1. The monoisotopic (exact) mass is 426 g/mol. The molecule has 1 aliphatic rings. The summed E-state index contributed by atoms with van der Waals surface area (Å²) in [5.41, 5.74) is 1.90. The average Bonchev–Trinajstić information content (AvgIpc) is 2.84. The fraction of sp³-hybridized carbons (Fsp3) is 0.231. The van der Waals surface area contributed by atoms with Gasteiger partial charge >= 0.3 is 0 Å². The molecule has 0 radical (unpaired) electrons. The molecule has 1 aliphatic heterocycles.